The van der Waals surface area contributed by atoms with Crippen LogP contribution in [0.2, 0.25) is 0 Å². The van der Waals surface area contributed by atoms with Crippen molar-refractivity contribution in [1.29, 1.82) is 0 Å². The number of amides is 1. The smallest absolute Gasteiger partial charge is 0.350 e. The summed E-state index contributed by atoms with van der Waals surface area (Å²) in [7, 11) is -3.75. The molecule has 0 aliphatic rings. The zero-order chi connectivity index (χ0) is 22.4. The maximum Gasteiger partial charge on any atom is 0.350 e. The Kier molecular flexibility index (Phi) is 7.13. The van der Waals surface area contributed by atoms with Crippen LogP contribution in [0.5, 0.6) is 0 Å². The number of carbonyl (C=O) groups excluding carboxylic acids is 2. The van der Waals surface area contributed by atoms with Gasteiger partial charge in [0.05, 0.1) is 22.9 Å². The van der Waals surface area contributed by atoms with E-state index in [2.05, 4.69) is 10.3 Å². The number of aromatic nitrogens is 1. The van der Waals surface area contributed by atoms with Gasteiger partial charge in [-0.25, -0.2) is 22.6 Å². The van der Waals surface area contributed by atoms with Crippen LogP contribution in [0.3, 0.4) is 0 Å². The number of benzene rings is 2. The molecule has 3 aromatic rings. The van der Waals surface area contributed by atoms with Crippen LogP contribution in [-0.4, -0.2) is 37.6 Å². The fourth-order valence-corrected chi connectivity index (χ4v) is 4.81. The second-order valence-corrected chi connectivity index (χ2v) is 9.46. The number of nitrogens with one attached hydrogen (secondary N) is 1. The summed E-state index contributed by atoms with van der Waals surface area (Å²) in [6.07, 6.45) is -0.325. The number of ether oxygens (including phenoxy) is 1. The predicted molar refractivity (Wildman–Crippen MR) is 115 cm³/mol. The van der Waals surface area contributed by atoms with Crippen LogP contribution >= 0.6 is 11.3 Å². The average Bonchev–Trinajstić information content (AvgIpc) is 3.17. The molecule has 0 aliphatic heterocycles. The van der Waals surface area contributed by atoms with E-state index in [0.29, 0.717) is 11.3 Å². The predicted octanol–water partition coefficient (Wildman–Crippen LogP) is 3.93. The molecule has 1 amide bonds. The lowest BCUT2D eigenvalue weighted by atomic mass is 10.1. The topological polar surface area (TPSA) is 102 Å². The molecule has 31 heavy (non-hydrogen) atoms. The molecular formula is C21H19FN2O5S2. The summed E-state index contributed by atoms with van der Waals surface area (Å²) < 4.78 is 42.7. The fourth-order valence-electron chi connectivity index (χ4n) is 2.67. The highest BCUT2D eigenvalue weighted by Gasteiger charge is 2.22. The van der Waals surface area contributed by atoms with E-state index in [1.54, 1.807) is 31.2 Å². The number of rotatable bonds is 8. The minimum atomic E-state index is -3.75. The third-order valence-electron chi connectivity index (χ3n) is 4.15. The lowest BCUT2D eigenvalue weighted by Crippen LogP contribution is -2.17. The minimum Gasteiger partial charge on any atom is -0.462 e. The summed E-state index contributed by atoms with van der Waals surface area (Å²) in [5, 5.41) is 2.70. The number of sulfone groups is 1. The molecule has 2 aromatic carbocycles. The zero-order valence-electron chi connectivity index (χ0n) is 16.5. The molecule has 0 fully saturated rings. The molecule has 0 saturated heterocycles. The summed E-state index contributed by atoms with van der Waals surface area (Å²) in [6, 6.07) is 13.4. The lowest BCUT2D eigenvalue weighted by molar-refractivity contribution is -0.115. The van der Waals surface area contributed by atoms with Gasteiger partial charge >= 0.3 is 5.97 Å². The number of esters is 1. The van der Waals surface area contributed by atoms with Crippen LogP contribution in [-0.2, 0) is 19.4 Å². The Labute approximate surface area is 182 Å². The number of carbonyl (C=O) groups is 2. The molecular weight excluding hydrogens is 443 g/mol. The van der Waals surface area contributed by atoms with Gasteiger partial charge in [-0.2, -0.15) is 0 Å². The standard InChI is InChI=1S/C21H19FN2O5S2/c1-2-29-20(26)19-18(14-6-4-3-5-7-14)24-21(30-19)23-17(25)12-13-31(27,28)16-10-8-15(22)9-11-16/h3-11H,2,12-13H2,1H3,(H,23,24,25). The van der Waals surface area contributed by atoms with Crippen molar-refractivity contribution >= 4 is 38.2 Å². The van der Waals surface area contributed by atoms with E-state index < -0.39 is 33.3 Å². The summed E-state index contributed by atoms with van der Waals surface area (Å²) >= 11 is 0.953. The summed E-state index contributed by atoms with van der Waals surface area (Å²) in [5.41, 5.74) is 1.06. The maximum atomic E-state index is 13.0. The molecule has 10 heteroatoms. The van der Waals surface area contributed by atoms with E-state index in [1.165, 1.54) is 0 Å². The van der Waals surface area contributed by atoms with Gasteiger partial charge in [0.1, 0.15) is 10.7 Å². The van der Waals surface area contributed by atoms with Crippen LogP contribution < -0.4 is 5.32 Å². The Bertz CT molecular complexity index is 1180. The molecule has 3 rings (SSSR count). The summed E-state index contributed by atoms with van der Waals surface area (Å²) in [5.74, 6) is -2.13. The lowest BCUT2D eigenvalue weighted by Gasteiger charge is -2.04. The Balaban J connectivity index is 1.73. The third kappa shape index (κ3) is 5.74. The first kappa shape index (κ1) is 22.6. The Morgan fingerprint density at radius 1 is 1.10 bits per heavy atom. The number of nitrogens with zero attached hydrogens (tertiary/aromatic N) is 1. The monoisotopic (exact) mass is 462 g/mol. The van der Waals surface area contributed by atoms with Crippen molar-refractivity contribution in [3.05, 3.63) is 65.3 Å². The van der Waals surface area contributed by atoms with Crippen molar-refractivity contribution in [2.24, 2.45) is 0 Å². The highest BCUT2D eigenvalue weighted by atomic mass is 32.2. The highest BCUT2D eigenvalue weighted by Crippen LogP contribution is 2.32. The van der Waals surface area contributed by atoms with Gasteiger partial charge in [0, 0.05) is 12.0 Å². The maximum absolute atomic E-state index is 13.0. The van der Waals surface area contributed by atoms with Crippen molar-refractivity contribution in [2.45, 2.75) is 18.2 Å². The quantitative estimate of drug-likeness (QED) is 0.402. The molecule has 0 unspecified atom stereocenters. The van der Waals surface area contributed by atoms with Crippen molar-refractivity contribution in [1.82, 2.24) is 4.98 Å². The molecule has 0 atom stereocenters. The molecule has 0 radical (unpaired) electrons. The summed E-state index contributed by atoms with van der Waals surface area (Å²) in [6.45, 7) is 1.87. The van der Waals surface area contributed by atoms with Gasteiger partial charge in [-0.15, -0.1) is 0 Å². The molecule has 0 spiro atoms. The van der Waals surface area contributed by atoms with E-state index in [0.717, 1.165) is 35.6 Å². The fraction of sp³-hybridized carbons (Fsp3) is 0.190. The normalized spacial score (nSPS) is 11.2. The van der Waals surface area contributed by atoms with E-state index in [4.69, 9.17) is 4.74 Å². The number of hydrogen-bond donors (Lipinski definition) is 1. The SMILES string of the molecule is CCOC(=O)c1sc(NC(=O)CCS(=O)(=O)c2ccc(F)cc2)nc1-c1ccccc1. The van der Waals surface area contributed by atoms with E-state index in [-0.39, 0.29) is 27.9 Å². The van der Waals surface area contributed by atoms with Crippen molar-refractivity contribution in [2.75, 3.05) is 17.7 Å². The molecule has 7 nitrogen and oxygen atoms in total. The Hall–Kier alpha value is -3.11. The number of hydrogen-bond acceptors (Lipinski definition) is 7. The van der Waals surface area contributed by atoms with Crippen LogP contribution in [0.15, 0.2) is 59.5 Å². The molecule has 1 N–H and O–H groups in total. The van der Waals surface area contributed by atoms with Crippen LogP contribution in [0.1, 0.15) is 23.0 Å². The summed E-state index contributed by atoms with van der Waals surface area (Å²) in [4.78, 5) is 29.1. The molecule has 1 aromatic heterocycles. The van der Waals surface area contributed by atoms with Gasteiger partial charge < -0.3 is 10.1 Å². The van der Waals surface area contributed by atoms with E-state index in [9.17, 15) is 22.4 Å². The first-order valence-corrected chi connectivity index (χ1v) is 11.8. The van der Waals surface area contributed by atoms with Gasteiger partial charge in [0.25, 0.3) is 0 Å². The molecule has 0 saturated carbocycles. The Morgan fingerprint density at radius 2 is 1.77 bits per heavy atom. The van der Waals surface area contributed by atoms with Gasteiger partial charge in [0.15, 0.2) is 15.0 Å². The number of thiazole rings is 1. The highest BCUT2D eigenvalue weighted by molar-refractivity contribution is 7.91. The Morgan fingerprint density at radius 3 is 2.42 bits per heavy atom. The van der Waals surface area contributed by atoms with Crippen LogP contribution in [0, 0.1) is 5.82 Å². The second kappa shape index (κ2) is 9.80. The minimum absolute atomic E-state index is 0.0630. The molecule has 162 valence electrons. The third-order valence-corrected chi connectivity index (χ3v) is 6.83. The van der Waals surface area contributed by atoms with Gasteiger partial charge in [-0.05, 0) is 31.2 Å². The van der Waals surface area contributed by atoms with Gasteiger partial charge in [-0.1, -0.05) is 41.7 Å². The molecule has 0 bridgehead atoms. The van der Waals surface area contributed by atoms with Gasteiger partial charge in [0.2, 0.25) is 5.91 Å². The van der Waals surface area contributed by atoms with Crippen molar-refractivity contribution in [3.8, 4) is 11.3 Å². The van der Waals surface area contributed by atoms with Gasteiger partial charge in [-0.3, -0.25) is 4.79 Å². The van der Waals surface area contributed by atoms with Crippen LogP contribution in [0.25, 0.3) is 11.3 Å². The van der Waals surface area contributed by atoms with E-state index in [1.807, 2.05) is 6.07 Å². The zero-order valence-corrected chi connectivity index (χ0v) is 18.1. The number of anilines is 1. The first-order valence-electron chi connectivity index (χ1n) is 9.31. The van der Waals surface area contributed by atoms with Crippen molar-refractivity contribution < 1.29 is 27.1 Å². The van der Waals surface area contributed by atoms with Crippen molar-refractivity contribution in [3.63, 3.8) is 0 Å². The van der Waals surface area contributed by atoms with Crippen LogP contribution in [0.4, 0.5) is 9.52 Å². The second-order valence-electron chi connectivity index (χ2n) is 6.35. The largest absolute Gasteiger partial charge is 0.462 e. The van der Waals surface area contributed by atoms with E-state index >= 15 is 0 Å². The molecule has 1 heterocycles. The molecule has 0 aliphatic carbocycles. The number of halogens is 1. The first-order chi connectivity index (χ1) is 14.8. The average molecular weight is 463 g/mol.